The molecular formula is C11H13BrO. The third kappa shape index (κ3) is 2.98. The second kappa shape index (κ2) is 5.20. The second-order valence-electron chi connectivity index (χ2n) is 2.79. The molecule has 0 radical (unpaired) electrons. The van der Waals surface area contributed by atoms with Crippen LogP contribution in [0.1, 0.15) is 18.6 Å². The quantitative estimate of drug-likeness (QED) is 0.730. The van der Waals surface area contributed by atoms with Gasteiger partial charge in [-0.25, -0.2) is 0 Å². The largest absolute Gasteiger partial charge is 0.370 e. The molecule has 1 rings (SSSR count). The molecule has 0 saturated heterocycles. The maximum absolute atomic E-state index is 5.51. The Bertz CT molecular complexity index is 283. The van der Waals surface area contributed by atoms with Gasteiger partial charge < -0.3 is 4.74 Å². The van der Waals surface area contributed by atoms with Crippen molar-refractivity contribution in [2.45, 2.75) is 13.0 Å². The van der Waals surface area contributed by atoms with Gasteiger partial charge in [0.15, 0.2) is 0 Å². The predicted molar refractivity (Wildman–Crippen MR) is 58.7 cm³/mol. The summed E-state index contributed by atoms with van der Waals surface area (Å²) in [6, 6.07) is 8.07. The highest BCUT2D eigenvalue weighted by atomic mass is 79.9. The highest BCUT2D eigenvalue weighted by Gasteiger charge is 2.07. The van der Waals surface area contributed by atoms with Crippen LogP contribution in [0.5, 0.6) is 0 Å². The second-order valence-corrected chi connectivity index (χ2v) is 3.64. The highest BCUT2D eigenvalue weighted by molar-refractivity contribution is 9.10. The summed E-state index contributed by atoms with van der Waals surface area (Å²) >= 11 is 3.48. The van der Waals surface area contributed by atoms with Crippen LogP contribution in [-0.2, 0) is 4.74 Å². The first kappa shape index (κ1) is 10.5. The van der Waals surface area contributed by atoms with Gasteiger partial charge in [0, 0.05) is 4.47 Å². The van der Waals surface area contributed by atoms with E-state index in [1.54, 1.807) is 6.08 Å². The zero-order valence-electron chi connectivity index (χ0n) is 7.66. The minimum Gasteiger partial charge on any atom is -0.370 e. The van der Waals surface area contributed by atoms with Crippen molar-refractivity contribution in [3.8, 4) is 0 Å². The summed E-state index contributed by atoms with van der Waals surface area (Å²) in [6.45, 7) is 6.23. The average Bonchev–Trinajstić information content (AvgIpc) is 2.15. The Hall–Kier alpha value is -0.600. The molecule has 0 heterocycles. The van der Waals surface area contributed by atoms with E-state index in [1.165, 1.54) is 5.56 Å². The summed E-state index contributed by atoms with van der Waals surface area (Å²) in [5.41, 5.74) is 1.17. The van der Waals surface area contributed by atoms with E-state index in [4.69, 9.17) is 4.74 Å². The zero-order chi connectivity index (χ0) is 9.68. The zero-order valence-corrected chi connectivity index (χ0v) is 9.25. The van der Waals surface area contributed by atoms with Crippen molar-refractivity contribution in [1.29, 1.82) is 0 Å². The standard InChI is InChI=1S/C11H13BrO/c1-3-8-13-9(2)10-6-4-5-7-11(10)12/h3-7,9H,1,8H2,2H3. The van der Waals surface area contributed by atoms with Crippen LogP contribution in [0.4, 0.5) is 0 Å². The predicted octanol–water partition coefficient (Wildman–Crippen LogP) is 3.71. The Labute approximate surface area is 87.5 Å². The van der Waals surface area contributed by atoms with Gasteiger partial charge in [0.2, 0.25) is 0 Å². The van der Waals surface area contributed by atoms with Crippen LogP contribution in [0, 0.1) is 0 Å². The average molecular weight is 241 g/mol. The third-order valence-corrected chi connectivity index (χ3v) is 2.53. The van der Waals surface area contributed by atoms with Gasteiger partial charge in [0.05, 0.1) is 12.7 Å². The lowest BCUT2D eigenvalue weighted by molar-refractivity contribution is 0.0883. The molecular weight excluding hydrogens is 228 g/mol. The minimum absolute atomic E-state index is 0.105. The van der Waals surface area contributed by atoms with E-state index in [0.717, 1.165) is 4.47 Å². The van der Waals surface area contributed by atoms with Crippen molar-refractivity contribution < 1.29 is 4.74 Å². The van der Waals surface area contributed by atoms with Crippen LogP contribution < -0.4 is 0 Å². The molecule has 13 heavy (non-hydrogen) atoms. The van der Waals surface area contributed by atoms with Crippen molar-refractivity contribution >= 4 is 15.9 Å². The van der Waals surface area contributed by atoms with Gasteiger partial charge in [-0.3, -0.25) is 0 Å². The Morgan fingerprint density at radius 3 is 2.85 bits per heavy atom. The number of benzene rings is 1. The van der Waals surface area contributed by atoms with Crippen LogP contribution in [0.25, 0.3) is 0 Å². The molecule has 1 aromatic carbocycles. The molecule has 0 aliphatic rings. The van der Waals surface area contributed by atoms with E-state index in [0.29, 0.717) is 6.61 Å². The first-order chi connectivity index (χ1) is 6.25. The van der Waals surface area contributed by atoms with E-state index in [-0.39, 0.29) is 6.10 Å². The summed E-state index contributed by atoms with van der Waals surface area (Å²) in [4.78, 5) is 0. The summed E-state index contributed by atoms with van der Waals surface area (Å²) in [5, 5.41) is 0. The van der Waals surface area contributed by atoms with Gasteiger partial charge >= 0.3 is 0 Å². The molecule has 1 nitrogen and oxygen atoms in total. The van der Waals surface area contributed by atoms with Gasteiger partial charge in [-0.05, 0) is 18.6 Å². The van der Waals surface area contributed by atoms with Gasteiger partial charge in [-0.1, -0.05) is 40.2 Å². The Kier molecular flexibility index (Phi) is 4.19. The van der Waals surface area contributed by atoms with Gasteiger partial charge in [0.1, 0.15) is 0 Å². The van der Waals surface area contributed by atoms with E-state index in [9.17, 15) is 0 Å². The first-order valence-electron chi connectivity index (χ1n) is 4.22. The lowest BCUT2D eigenvalue weighted by Crippen LogP contribution is -2.00. The lowest BCUT2D eigenvalue weighted by Gasteiger charge is -2.13. The maximum Gasteiger partial charge on any atom is 0.0811 e. The summed E-state index contributed by atoms with van der Waals surface area (Å²) in [7, 11) is 0. The minimum atomic E-state index is 0.105. The van der Waals surface area contributed by atoms with Gasteiger partial charge in [-0.2, -0.15) is 0 Å². The van der Waals surface area contributed by atoms with Crippen molar-refractivity contribution in [1.82, 2.24) is 0 Å². The Morgan fingerprint density at radius 2 is 2.23 bits per heavy atom. The molecule has 70 valence electrons. The molecule has 1 aromatic rings. The van der Waals surface area contributed by atoms with Gasteiger partial charge in [0.25, 0.3) is 0 Å². The van der Waals surface area contributed by atoms with Crippen molar-refractivity contribution in [3.05, 3.63) is 47.0 Å². The monoisotopic (exact) mass is 240 g/mol. The van der Waals surface area contributed by atoms with Crippen molar-refractivity contribution in [2.75, 3.05) is 6.61 Å². The summed E-state index contributed by atoms with van der Waals surface area (Å²) in [6.07, 6.45) is 1.86. The molecule has 1 atom stereocenters. The molecule has 0 amide bonds. The third-order valence-electron chi connectivity index (χ3n) is 1.81. The van der Waals surface area contributed by atoms with Crippen LogP contribution >= 0.6 is 15.9 Å². The Balaban J connectivity index is 2.70. The Morgan fingerprint density at radius 1 is 1.54 bits per heavy atom. The molecule has 0 N–H and O–H groups in total. The normalized spacial score (nSPS) is 12.5. The van der Waals surface area contributed by atoms with E-state index >= 15 is 0 Å². The molecule has 0 saturated carbocycles. The fraction of sp³-hybridized carbons (Fsp3) is 0.273. The van der Waals surface area contributed by atoms with Crippen LogP contribution in [0.15, 0.2) is 41.4 Å². The number of rotatable bonds is 4. The van der Waals surface area contributed by atoms with Gasteiger partial charge in [-0.15, -0.1) is 6.58 Å². The summed E-state index contributed by atoms with van der Waals surface area (Å²) < 4.78 is 6.60. The fourth-order valence-electron chi connectivity index (χ4n) is 1.11. The molecule has 0 aliphatic heterocycles. The molecule has 0 spiro atoms. The SMILES string of the molecule is C=CCOC(C)c1ccccc1Br. The molecule has 0 aliphatic carbocycles. The lowest BCUT2D eigenvalue weighted by atomic mass is 10.1. The summed E-state index contributed by atoms with van der Waals surface area (Å²) in [5.74, 6) is 0. The number of hydrogen-bond donors (Lipinski definition) is 0. The van der Waals surface area contributed by atoms with Crippen LogP contribution in [-0.4, -0.2) is 6.61 Å². The first-order valence-corrected chi connectivity index (χ1v) is 5.02. The van der Waals surface area contributed by atoms with Crippen LogP contribution in [0.3, 0.4) is 0 Å². The molecule has 2 heteroatoms. The number of hydrogen-bond acceptors (Lipinski definition) is 1. The maximum atomic E-state index is 5.51. The van der Waals surface area contributed by atoms with Crippen LogP contribution in [0.2, 0.25) is 0 Å². The smallest absolute Gasteiger partial charge is 0.0811 e. The molecule has 0 bridgehead atoms. The van der Waals surface area contributed by atoms with E-state index in [1.807, 2.05) is 25.1 Å². The topological polar surface area (TPSA) is 9.23 Å². The number of ether oxygens (including phenoxy) is 1. The number of halogens is 1. The molecule has 0 fully saturated rings. The molecule has 0 aromatic heterocycles. The highest BCUT2D eigenvalue weighted by Crippen LogP contribution is 2.24. The van der Waals surface area contributed by atoms with Crippen molar-refractivity contribution in [3.63, 3.8) is 0 Å². The van der Waals surface area contributed by atoms with E-state index < -0.39 is 0 Å². The molecule has 1 unspecified atom stereocenters. The van der Waals surface area contributed by atoms with Crippen molar-refractivity contribution in [2.24, 2.45) is 0 Å². The fourth-order valence-corrected chi connectivity index (χ4v) is 1.71. The van der Waals surface area contributed by atoms with E-state index in [2.05, 4.69) is 28.6 Å².